The Morgan fingerprint density at radius 1 is 1.71 bits per heavy atom. The van der Waals surface area contributed by atoms with Crippen molar-refractivity contribution in [3.05, 3.63) is 21.9 Å². The predicted octanol–water partition coefficient (Wildman–Crippen LogP) is 1.74. The van der Waals surface area contributed by atoms with Crippen LogP contribution in [0, 0.1) is 5.92 Å². The summed E-state index contributed by atoms with van der Waals surface area (Å²) in [6.07, 6.45) is 1.18. The van der Waals surface area contributed by atoms with Gasteiger partial charge in [0.15, 0.2) is 11.0 Å². The van der Waals surface area contributed by atoms with Gasteiger partial charge in [-0.3, -0.25) is 4.79 Å². The van der Waals surface area contributed by atoms with E-state index in [1.54, 1.807) is 6.92 Å². The van der Waals surface area contributed by atoms with E-state index in [2.05, 4.69) is 15.9 Å². The third-order valence-electron chi connectivity index (χ3n) is 1.92. The average molecular weight is 284 g/mol. The fourth-order valence-electron chi connectivity index (χ4n) is 1.26. The molecule has 0 saturated heterocycles. The molecule has 6 heteroatoms. The van der Waals surface area contributed by atoms with E-state index in [0.29, 0.717) is 5.57 Å². The van der Waals surface area contributed by atoms with Crippen LogP contribution >= 0.6 is 27.5 Å². The van der Waals surface area contributed by atoms with Crippen molar-refractivity contribution in [3.63, 3.8) is 0 Å². The van der Waals surface area contributed by atoms with Gasteiger partial charge in [-0.05, 0) is 34.5 Å². The molecule has 3 N–H and O–H groups in total. The van der Waals surface area contributed by atoms with Crippen LogP contribution in [-0.2, 0) is 4.79 Å². The monoisotopic (exact) mass is 282 g/mol. The molecule has 4 nitrogen and oxygen atoms in total. The molecule has 1 rings (SSSR count). The number of hydrogen-bond donors (Lipinski definition) is 3. The Labute approximate surface area is 93.6 Å². The lowest BCUT2D eigenvalue weighted by Crippen LogP contribution is -2.39. The predicted molar refractivity (Wildman–Crippen MR) is 54.3 cm³/mol. The average Bonchev–Trinajstić information content (AvgIpc) is 1.98. The maximum atomic E-state index is 10.7. The summed E-state index contributed by atoms with van der Waals surface area (Å²) in [5, 5.41) is 25.7. The molecule has 0 fully saturated rings. The lowest BCUT2D eigenvalue weighted by molar-refractivity contribution is -0.145. The molecule has 2 unspecified atom stereocenters. The van der Waals surface area contributed by atoms with Crippen molar-refractivity contribution in [2.45, 2.75) is 12.0 Å². The summed E-state index contributed by atoms with van der Waals surface area (Å²) < 4.78 is 0.246. The molecule has 0 spiro atoms. The Kier molecular flexibility index (Phi) is 2.94. The zero-order valence-corrected chi connectivity index (χ0v) is 9.50. The molecule has 0 amide bonds. The van der Waals surface area contributed by atoms with Crippen LogP contribution < -0.4 is 0 Å². The molecule has 0 aromatic heterocycles. The number of hydrogen-bond acceptors (Lipinski definition) is 3. The quantitative estimate of drug-likeness (QED) is 0.641. The number of carbonyl (C=O) groups is 1. The first-order valence-corrected chi connectivity index (χ1v) is 4.87. The van der Waals surface area contributed by atoms with Crippen molar-refractivity contribution in [2.75, 3.05) is 0 Å². The Balaban J connectivity index is 3.27. The van der Waals surface area contributed by atoms with Crippen LogP contribution in [0.15, 0.2) is 21.9 Å². The second-order valence-corrected chi connectivity index (χ2v) is 4.42. The summed E-state index contributed by atoms with van der Waals surface area (Å²) >= 11 is 8.58. The molecule has 2 atom stereocenters. The van der Waals surface area contributed by atoms with E-state index < -0.39 is 22.7 Å². The zero-order chi connectivity index (χ0) is 11.1. The second-order valence-electron chi connectivity index (χ2n) is 3.03. The molecule has 0 aromatic rings. The van der Waals surface area contributed by atoms with E-state index >= 15 is 0 Å². The van der Waals surface area contributed by atoms with E-state index in [0.717, 1.165) is 0 Å². The summed E-state index contributed by atoms with van der Waals surface area (Å²) in [5.41, 5.74) is 0.484. The van der Waals surface area contributed by atoms with Crippen molar-refractivity contribution < 1.29 is 20.1 Å². The molecular weight excluding hydrogens is 275 g/mol. The van der Waals surface area contributed by atoms with Gasteiger partial charge < -0.3 is 15.3 Å². The first-order chi connectivity index (χ1) is 6.27. The SMILES string of the molecule is CC1=CC(O)(Cl)C(C(=O)O)C(O)=C1Br. The highest BCUT2D eigenvalue weighted by Gasteiger charge is 2.45. The molecule has 0 aliphatic heterocycles. The van der Waals surface area contributed by atoms with E-state index in [-0.39, 0.29) is 4.48 Å². The number of carboxylic acids is 1. The Morgan fingerprint density at radius 2 is 2.21 bits per heavy atom. The van der Waals surface area contributed by atoms with Crippen LogP contribution in [0.25, 0.3) is 0 Å². The van der Waals surface area contributed by atoms with Crippen molar-refractivity contribution in [1.29, 1.82) is 0 Å². The highest BCUT2D eigenvalue weighted by atomic mass is 79.9. The van der Waals surface area contributed by atoms with Gasteiger partial charge >= 0.3 is 5.97 Å². The Bertz CT molecular complexity index is 345. The standard InChI is InChI=1S/C8H8BrClO4/c1-3-2-8(10,14)4(7(12)13)6(11)5(3)9/h2,4,11,14H,1H3,(H,12,13). The molecule has 0 saturated carbocycles. The lowest BCUT2D eigenvalue weighted by Gasteiger charge is -2.29. The van der Waals surface area contributed by atoms with Gasteiger partial charge in [-0.2, -0.15) is 0 Å². The van der Waals surface area contributed by atoms with Crippen molar-refractivity contribution in [2.24, 2.45) is 5.92 Å². The molecule has 0 radical (unpaired) electrons. The summed E-state index contributed by atoms with van der Waals surface area (Å²) in [6.45, 7) is 1.59. The zero-order valence-electron chi connectivity index (χ0n) is 7.16. The van der Waals surface area contributed by atoms with Crippen LogP contribution in [0.2, 0.25) is 0 Å². The third-order valence-corrected chi connectivity index (χ3v) is 3.27. The van der Waals surface area contributed by atoms with Crippen LogP contribution in [0.1, 0.15) is 6.92 Å². The summed E-state index contributed by atoms with van der Waals surface area (Å²) in [5.74, 6) is -3.42. The highest BCUT2D eigenvalue weighted by molar-refractivity contribution is 9.12. The molecule has 0 aromatic carbocycles. The van der Waals surface area contributed by atoms with E-state index in [1.165, 1.54) is 6.08 Å². The molecule has 1 aliphatic rings. The van der Waals surface area contributed by atoms with Gasteiger partial charge in [0.05, 0.1) is 4.48 Å². The van der Waals surface area contributed by atoms with Crippen molar-refractivity contribution >= 4 is 33.5 Å². The number of aliphatic hydroxyl groups excluding tert-OH is 1. The van der Waals surface area contributed by atoms with E-state index in [1.807, 2.05) is 0 Å². The van der Waals surface area contributed by atoms with Gasteiger partial charge in [0.1, 0.15) is 5.76 Å². The van der Waals surface area contributed by atoms with Crippen LogP contribution in [0.3, 0.4) is 0 Å². The van der Waals surface area contributed by atoms with Crippen molar-refractivity contribution in [3.8, 4) is 0 Å². The van der Waals surface area contributed by atoms with Gasteiger partial charge in [0, 0.05) is 0 Å². The van der Waals surface area contributed by atoms with Gasteiger partial charge in [-0.1, -0.05) is 11.6 Å². The topological polar surface area (TPSA) is 77.8 Å². The molecule has 0 heterocycles. The first-order valence-electron chi connectivity index (χ1n) is 3.70. The lowest BCUT2D eigenvalue weighted by atomic mass is 9.92. The summed E-state index contributed by atoms with van der Waals surface area (Å²) in [6, 6.07) is 0. The number of alkyl halides is 1. The first kappa shape index (κ1) is 11.6. The van der Waals surface area contributed by atoms with Crippen molar-refractivity contribution in [1.82, 2.24) is 0 Å². The number of aliphatic carboxylic acids is 1. The molecule has 14 heavy (non-hydrogen) atoms. The van der Waals surface area contributed by atoms with Gasteiger partial charge in [-0.25, -0.2) is 0 Å². The minimum atomic E-state index is -2.09. The maximum Gasteiger partial charge on any atom is 0.318 e. The number of halogens is 2. The second kappa shape index (κ2) is 3.56. The molecule has 78 valence electrons. The number of allylic oxidation sites excluding steroid dienone is 2. The maximum absolute atomic E-state index is 10.7. The molecule has 0 bridgehead atoms. The smallest absolute Gasteiger partial charge is 0.318 e. The minimum absolute atomic E-state index is 0.246. The van der Waals surface area contributed by atoms with E-state index in [4.69, 9.17) is 16.7 Å². The highest BCUT2D eigenvalue weighted by Crippen LogP contribution is 2.40. The normalized spacial score (nSPS) is 32.9. The Hall–Kier alpha value is -0.520. The largest absolute Gasteiger partial charge is 0.510 e. The molecular formula is C8H8BrClO4. The fourth-order valence-corrected chi connectivity index (χ4v) is 1.96. The molecule has 1 aliphatic carbocycles. The summed E-state index contributed by atoms with van der Waals surface area (Å²) in [7, 11) is 0. The van der Waals surface area contributed by atoms with Crippen LogP contribution in [0.5, 0.6) is 0 Å². The number of rotatable bonds is 1. The fraction of sp³-hybridized carbons (Fsp3) is 0.375. The minimum Gasteiger partial charge on any atom is -0.510 e. The number of aliphatic hydroxyl groups is 2. The number of carboxylic acid groups (broad SMARTS) is 1. The Morgan fingerprint density at radius 3 is 2.64 bits per heavy atom. The van der Waals surface area contributed by atoms with Crippen LogP contribution in [0.4, 0.5) is 0 Å². The summed E-state index contributed by atoms with van der Waals surface area (Å²) in [4.78, 5) is 10.7. The van der Waals surface area contributed by atoms with Gasteiger partial charge in [0.25, 0.3) is 0 Å². The third kappa shape index (κ3) is 1.80. The van der Waals surface area contributed by atoms with Gasteiger partial charge in [-0.15, -0.1) is 0 Å². The van der Waals surface area contributed by atoms with E-state index in [9.17, 15) is 15.0 Å². The van der Waals surface area contributed by atoms with Crippen LogP contribution in [-0.4, -0.2) is 26.3 Å². The van der Waals surface area contributed by atoms with Gasteiger partial charge in [0.2, 0.25) is 0 Å².